The van der Waals surface area contributed by atoms with Gasteiger partial charge in [0.15, 0.2) is 0 Å². The number of hydrogen-bond donors (Lipinski definition) is 0. The highest BCUT2D eigenvalue weighted by Gasteiger charge is 2.37. The number of thioether (sulfide) groups is 1. The SMILES string of the molecule is CCCOc1ccc(Br)cc1C=C1SC(=O)N(CC(=O)N2CCC(C)CC2)C1=O. The van der Waals surface area contributed by atoms with Crippen molar-refractivity contribution in [3.05, 3.63) is 33.1 Å². The van der Waals surface area contributed by atoms with Crippen LogP contribution >= 0.6 is 27.7 Å². The molecule has 3 amide bonds. The first kappa shape index (κ1) is 21.9. The van der Waals surface area contributed by atoms with Crippen LogP contribution in [0, 0.1) is 5.92 Å². The Balaban J connectivity index is 1.73. The van der Waals surface area contributed by atoms with E-state index in [0.717, 1.165) is 46.0 Å². The molecule has 1 aromatic carbocycles. The standard InChI is InChI=1S/C21H25BrN2O4S/c1-3-10-28-17-5-4-16(22)11-15(17)12-18-20(26)24(21(27)29-18)13-19(25)23-8-6-14(2)7-9-23/h4-5,11-12,14H,3,6-10,13H2,1-2H3. The maximum atomic E-state index is 12.8. The van der Waals surface area contributed by atoms with Gasteiger partial charge in [-0.25, -0.2) is 0 Å². The Kier molecular flexibility index (Phi) is 7.40. The monoisotopic (exact) mass is 480 g/mol. The summed E-state index contributed by atoms with van der Waals surface area (Å²) in [5, 5.41) is -0.411. The number of hydrogen-bond acceptors (Lipinski definition) is 5. The van der Waals surface area contributed by atoms with E-state index in [1.54, 1.807) is 11.0 Å². The molecular formula is C21H25BrN2O4S. The zero-order chi connectivity index (χ0) is 21.0. The topological polar surface area (TPSA) is 66.9 Å². The van der Waals surface area contributed by atoms with Crippen LogP contribution in [0.15, 0.2) is 27.6 Å². The fourth-order valence-corrected chi connectivity index (χ4v) is 4.45. The Bertz CT molecular complexity index is 834. The van der Waals surface area contributed by atoms with Gasteiger partial charge in [-0.2, -0.15) is 0 Å². The Morgan fingerprint density at radius 3 is 2.72 bits per heavy atom. The second kappa shape index (κ2) is 9.80. The van der Waals surface area contributed by atoms with E-state index in [2.05, 4.69) is 22.9 Å². The molecule has 3 rings (SSSR count). The van der Waals surface area contributed by atoms with Crippen molar-refractivity contribution < 1.29 is 19.1 Å². The van der Waals surface area contributed by atoms with Gasteiger partial charge < -0.3 is 9.64 Å². The molecule has 1 aromatic rings. The molecule has 156 valence electrons. The maximum Gasteiger partial charge on any atom is 0.294 e. The molecule has 8 heteroatoms. The van der Waals surface area contributed by atoms with Gasteiger partial charge in [-0.1, -0.05) is 29.8 Å². The van der Waals surface area contributed by atoms with E-state index in [1.807, 2.05) is 25.1 Å². The zero-order valence-electron chi connectivity index (χ0n) is 16.7. The second-order valence-corrected chi connectivity index (χ2v) is 9.27. The Labute approximate surface area is 183 Å². The molecule has 0 atom stereocenters. The molecule has 29 heavy (non-hydrogen) atoms. The van der Waals surface area contributed by atoms with Crippen LogP contribution < -0.4 is 4.74 Å². The van der Waals surface area contributed by atoms with Crippen molar-refractivity contribution in [2.45, 2.75) is 33.1 Å². The molecule has 2 heterocycles. The molecule has 0 bridgehead atoms. The van der Waals surface area contributed by atoms with Crippen molar-refractivity contribution in [1.82, 2.24) is 9.80 Å². The first-order valence-corrected chi connectivity index (χ1v) is 11.5. The fraction of sp³-hybridized carbons (Fsp3) is 0.476. The Morgan fingerprint density at radius 1 is 1.31 bits per heavy atom. The van der Waals surface area contributed by atoms with Crippen molar-refractivity contribution in [3.8, 4) is 5.75 Å². The minimum absolute atomic E-state index is 0.171. The average Bonchev–Trinajstić information content (AvgIpc) is 2.95. The van der Waals surface area contributed by atoms with E-state index in [1.165, 1.54) is 0 Å². The lowest BCUT2D eigenvalue weighted by Crippen LogP contribution is -2.45. The number of likely N-dealkylation sites (tertiary alicyclic amines) is 1. The third kappa shape index (κ3) is 5.42. The number of carbonyl (C=O) groups is 3. The minimum Gasteiger partial charge on any atom is -0.493 e. The van der Waals surface area contributed by atoms with Crippen molar-refractivity contribution >= 4 is 50.8 Å². The van der Waals surface area contributed by atoms with Crippen LogP contribution in [0.2, 0.25) is 0 Å². The van der Waals surface area contributed by atoms with Gasteiger partial charge in [-0.3, -0.25) is 19.3 Å². The van der Waals surface area contributed by atoms with Crippen LogP contribution in [0.3, 0.4) is 0 Å². The summed E-state index contributed by atoms with van der Waals surface area (Å²) in [7, 11) is 0. The van der Waals surface area contributed by atoms with E-state index >= 15 is 0 Å². The van der Waals surface area contributed by atoms with Crippen LogP contribution in [-0.2, 0) is 9.59 Å². The maximum absolute atomic E-state index is 12.8. The summed E-state index contributed by atoms with van der Waals surface area (Å²) in [6.45, 7) is 5.92. The summed E-state index contributed by atoms with van der Waals surface area (Å²) in [6.07, 6.45) is 4.44. The molecule has 2 saturated heterocycles. The van der Waals surface area contributed by atoms with Gasteiger partial charge in [-0.15, -0.1) is 0 Å². The number of imide groups is 1. The number of carbonyl (C=O) groups excluding carboxylic acids is 3. The summed E-state index contributed by atoms with van der Waals surface area (Å²) in [5.41, 5.74) is 0.717. The highest BCUT2D eigenvalue weighted by molar-refractivity contribution is 9.10. The highest BCUT2D eigenvalue weighted by atomic mass is 79.9. The van der Waals surface area contributed by atoms with Gasteiger partial charge in [0.2, 0.25) is 5.91 Å². The number of piperidine rings is 1. The molecule has 2 aliphatic rings. The molecule has 2 aliphatic heterocycles. The lowest BCUT2D eigenvalue weighted by atomic mass is 9.99. The summed E-state index contributed by atoms with van der Waals surface area (Å²) in [6, 6.07) is 5.54. The van der Waals surface area contributed by atoms with E-state index in [9.17, 15) is 14.4 Å². The van der Waals surface area contributed by atoms with Gasteiger partial charge in [0, 0.05) is 23.1 Å². The summed E-state index contributed by atoms with van der Waals surface area (Å²) in [4.78, 5) is 40.8. The molecule has 0 unspecified atom stereocenters. The van der Waals surface area contributed by atoms with Gasteiger partial charge >= 0.3 is 0 Å². The third-order valence-electron chi connectivity index (χ3n) is 5.02. The van der Waals surface area contributed by atoms with Crippen molar-refractivity contribution in [2.24, 2.45) is 5.92 Å². The number of benzene rings is 1. The molecule has 0 aromatic heterocycles. The van der Waals surface area contributed by atoms with Crippen LogP contribution in [0.1, 0.15) is 38.7 Å². The van der Waals surface area contributed by atoms with Crippen LogP contribution in [0.25, 0.3) is 6.08 Å². The van der Waals surface area contributed by atoms with Crippen molar-refractivity contribution in [3.63, 3.8) is 0 Å². The normalized spacial score (nSPS) is 19.3. The van der Waals surface area contributed by atoms with Gasteiger partial charge in [0.1, 0.15) is 12.3 Å². The van der Waals surface area contributed by atoms with Crippen LogP contribution in [0.5, 0.6) is 5.75 Å². The molecule has 0 radical (unpaired) electrons. The molecule has 2 fully saturated rings. The summed E-state index contributed by atoms with van der Waals surface area (Å²) in [5.74, 6) is 0.656. The quantitative estimate of drug-likeness (QED) is 0.559. The van der Waals surface area contributed by atoms with Gasteiger partial charge in [0.05, 0.1) is 11.5 Å². The van der Waals surface area contributed by atoms with Crippen LogP contribution in [0.4, 0.5) is 4.79 Å². The van der Waals surface area contributed by atoms with E-state index < -0.39 is 11.1 Å². The van der Waals surface area contributed by atoms with Crippen molar-refractivity contribution in [2.75, 3.05) is 26.2 Å². The van der Waals surface area contributed by atoms with E-state index in [0.29, 0.717) is 36.3 Å². The largest absolute Gasteiger partial charge is 0.493 e. The number of ether oxygens (including phenoxy) is 1. The fourth-order valence-electron chi connectivity index (χ4n) is 3.25. The minimum atomic E-state index is -0.430. The molecule has 0 spiro atoms. The van der Waals surface area contributed by atoms with Crippen LogP contribution in [-0.4, -0.2) is 53.1 Å². The number of halogens is 1. The predicted molar refractivity (Wildman–Crippen MR) is 118 cm³/mol. The van der Waals surface area contributed by atoms with Gasteiger partial charge in [0.25, 0.3) is 11.1 Å². The number of nitrogens with zero attached hydrogens (tertiary/aromatic N) is 2. The molecule has 0 aliphatic carbocycles. The molecule has 0 N–H and O–H groups in total. The summed E-state index contributed by atoms with van der Waals surface area (Å²) < 4.78 is 6.60. The lowest BCUT2D eigenvalue weighted by Gasteiger charge is -2.31. The third-order valence-corrected chi connectivity index (χ3v) is 6.42. The molecular weight excluding hydrogens is 456 g/mol. The predicted octanol–water partition coefficient (Wildman–Crippen LogP) is 4.53. The number of rotatable bonds is 6. The first-order chi connectivity index (χ1) is 13.9. The number of amides is 3. The smallest absolute Gasteiger partial charge is 0.294 e. The Hall–Kier alpha value is -1.80. The van der Waals surface area contributed by atoms with Crippen molar-refractivity contribution in [1.29, 1.82) is 0 Å². The lowest BCUT2D eigenvalue weighted by molar-refractivity contribution is -0.136. The molecule has 0 saturated carbocycles. The summed E-state index contributed by atoms with van der Waals surface area (Å²) >= 11 is 4.29. The zero-order valence-corrected chi connectivity index (χ0v) is 19.1. The first-order valence-electron chi connectivity index (χ1n) is 9.84. The highest BCUT2D eigenvalue weighted by Crippen LogP contribution is 2.35. The second-order valence-electron chi connectivity index (χ2n) is 7.36. The van der Waals surface area contributed by atoms with E-state index in [4.69, 9.17) is 4.74 Å². The average molecular weight is 481 g/mol. The van der Waals surface area contributed by atoms with E-state index in [-0.39, 0.29) is 12.5 Å². The Morgan fingerprint density at radius 2 is 2.03 bits per heavy atom. The molecule has 6 nitrogen and oxygen atoms in total. The van der Waals surface area contributed by atoms with Gasteiger partial charge in [-0.05, 0) is 61.2 Å².